The zero-order chi connectivity index (χ0) is 18.6. The third kappa shape index (κ3) is 4.25. The fourth-order valence-electron chi connectivity index (χ4n) is 3.56. The molecule has 1 atom stereocenters. The number of piperidine rings is 1. The van der Waals surface area contributed by atoms with Crippen LogP contribution in [0.25, 0.3) is 11.0 Å². The van der Waals surface area contributed by atoms with E-state index in [-0.39, 0.29) is 5.92 Å². The van der Waals surface area contributed by atoms with Crippen LogP contribution >= 0.6 is 0 Å². The van der Waals surface area contributed by atoms with Crippen LogP contribution in [-0.2, 0) is 21.4 Å². The van der Waals surface area contributed by atoms with Crippen LogP contribution < -0.4 is 0 Å². The van der Waals surface area contributed by atoms with Crippen LogP contribution in [0.15, 0.2) is 24.3 Å². The molecule has 1 aromatic carbocycles. The van der Waals surface area contributed by atoms with Crippen molar-refractivity contribution in [2.45, 2.75) is 26.2 Å². The Balaban J connectivity index is 1.66. The number of ether oxygens (including phenoxy) is 1. The molecule has 144 valence electrons. The van der Waals surface area contributed by atoms with Gasteiger partial charge >= 0.3 is 0 Å². The van der Waals surface area contributed by atoms with Crippen molar-refractivity contribution in [2.24, 2.45) is 5.92 Å². The molecule has 1 unspecified atom stereocenters. The van der Waals surface area contributed by atoms with Gasteiger partial charge in [0.05, 0.1) is 17.6 Å². The molecule has 0 spiro atoms. The lowest BCUT2D eigenvalue weighted by molar-refractivity contribution is 0.116. The first kappa shape index (κ1) is 19.3. The molecule has 1 aliphatic rings. The third-order valence-corrected chi connectivity index (χ3v) is 7.00. The molecule has 0 radical (unpaired) electrons. The van der Waals surface area contributed by atoms with Crippen LogP contribution in [0.5, 0.6) is 0 Å². The first-order valence-electron chi connectivity index (χ1n) is 9.22. The highest BCUT2D eigenvalue weighted by molar-refractivity contribution is 7.86. The van der Waals surface area contributed by atoms with Crippen molar-refractivity contribution < 1.29 is 13.2 Å². The van der Waals surface area contributed by atoms with Gasteiger partial charge in [0, 0.05) is 39.7 Å². The first-order chi connectivity index (χ1) is 12.5. The number of hydrogen-bond acceptors (Lipinski definition) is 4. The molecule has 1 aromatic heterocycles. The first-order valence-corrected chi connectivity index (χ1v) is 10.6. The number of nitrogens with zero attached hydrogens (tertiary/aromatic N) is 3. The summed E-state index contributed by atoms with van der Waals surface area (Å²) in [4.78, 5) is 7.81. The fourth-order valence-corrected chi connectivity index (χ4v) is 5.30. The Kier molecular flexibility index (Phi) is 6.29. The van der Waals surface area contributed by atoms with Gasteiger partial charge in [-0.25, -0.2) is 4.98 Å². The molecular weight excluding hydrogens is 352 g/mol. The number of rotatable bonds is 8. The molecule has 8 heteroatoms. The summed E-state index contributed by atoms with van der Waals surface area (Å²) in [7, 11) is -1.79. The lowest BCUT2D eigenvalue weighted by Gasteiger charge is -2.35. The van der Waals surface area contributed by atoms with Gasteiger partial charge in [0.2, 0.25) is 0 Å². The number of aromatic nitrogens is 2. The summed E-state index contributed by atoms with van der Waals surface area (Å²) in [6.07, 6.45) is 2.47. The zero-order valence-corrected chi connectivity index (χ0v) is 16.3. The Hall–Kier alpha value is -1.48. The second-order valence-corrected chi connectivity index (χ2v) is 8.70. The summed E-state index contributed by atoms with van der Waals surface area (Å²) in [5.41, 5.74) is 1.89. The van der Waals surface area contributed by atoms with E-state index in [0.717, 1.165) is 29.7 Å². The van der Waals surface area contributed by atoms with E-state index in [1.165, 1.54) is 0 Å². The van der Waals surface area contributed by atoms with Crippen LogP contribution in [0.4, 0.5) is 0 Å². The molecule has 1 fully saturated rings. The number of likely N-dealkylation sites (N-methyl/N-ethyl adjacent to an activating group) is 1. The second kappa shape index (κ2) is 8.47. The van der Waals surface area contributed by atoms with Gasteiger partial charge in [-0.2, -0.15) is 17.0 Å². The molecule has 7 nitrogen and oxygen atoms in total. The maximum Gasteiger partial charge on any atom is 0.281 e. The average Bonchev–Trinajstić information content (AvgIpc) is 3.05. The SMILES string of the molecule is CCN(CCc1nc2ccccc2[nH]1)S(=O)(=O)N1CCCC(COC)C1. The van der Waals surface area contributed by atoms with Gasteiger partial charge in [-0.3, -0.25) is 0 Å². The summed E-state index contributed by atoms with van der Waals surface area (Å²) in [6.45, 7) is 4.49. The molecule has 0 aliphatic carbocycles. The zero-order valence-electron chi connectivity index (χ0n) is 15.5. The number of methoxy groups -OCH3 is 1. The lowest BCUT2D eigenvalue weighted by Crippen LogP contribution is -2.49. The number of aromatic amines is 1. The number of benzene rings is 1. The molecular formula is C18H28N4O3S. The minimum absolute atomic E-state index is 0.276. The van der Waals surface area contributed by atoms with Crippen LogP contribution in [-0.4, -0.2) is 66.9 Å². The van der Waals surface area contributed by atoms with Gasteiger partial charge in [-0.1, -0.05) is 19.1 Å². The van der Waals surface area contributed by atoms with E-state index in [4.69, 9.17) is 4.74 Å². The summed E-state index contributed by atoms with van der Waals surface area (Å²) in [5, 5.41) is 0. The van der Waals surface area contributed by atoms with Gasteiger partial charge in [-0.15, -0.1) is 0 Å². The number of fused-ring (bicyclic) bond motifs is 1. The largest absolute Gasteiger partial charge is 0.384 e. The van der Waals surface area contributed by atoms with Crippen molar-refractivity contribution in [1.29, 1.82) is 0 Å². The molecule has 2 heterocycles. The summed E-state index contributed by atoms with van der Waals surface area (Å²) in [5.74, 6) is 1.09. The van der Waals surface area contributed by atoms with Gasteiger partial charge in [0.25, 0.3) is 10.2 Å². The Morgan fingerprint density at radius 3 is 2.92 bits per heavy atom. The number of para-hydroxylation sites is 2. The Morgan fingerprint density at radius 1 is 1.38 bits per heavy atom. The highest BCUT2D eigenvalue weighted by Crippen LogP contribution is 2.21. The smallest absolute Gasteiger partial charge is 0.281 e. The maximum absolute atomic E-state index is 13.0. The van der Waals surface area contributed by atoms with Gasteiger partial charge in [0.1, 0.15) is 5.82 Å². The van der Waals surface area contributed by atoms with Crippen molar-refractivity contribution in [3.8, 4) is 0 Å². The minimum Gasteiger partial charge on any atom is -0.384 e. The standard InChI is InChI=1S/C18H28N4O3S/c1-3-21(12-10-18-19-16-8-4-5-9-17(16)20-18)26(23,24)22-11-6-7-15(13-22)14-25-2/h4-5,8-9,15H,3,6-7,10-14H2,1-2H3,(H,19,20). The molecule has 3 rings (SSSR count). The second-order valence-electron chi connectivity index (χ2n) is 6.77. The van der Waals surface area contributed by atoms with Crippen LogP contribution in [0.1, 0.15) is 25.6 Å². The van der Waals surface area contributed by atoms with E-state index in [0.29, 0.717) is 39.2 Å². The van der Waals surface area contributed by atoms with Crippen LogP contribution in [0.2, 0.25) is 0 Å². The minimum atomic E-state index is -3.46. The quantitative estimate of drug-likeness (QED) is 0.760. The van der Waals surface area contributed by atoms with Gasteiger partial charge in [0.15, 0.2) is 0 Å². The Bertz CT molecular complexity index is 786. The lowest BCUT2D eigenvalue weighted by atomic mass is 10.0. The Morgan fingerprint density at radius 2 is 2.19 bits per heavy atom. The molecule has 1 saturated heterocycles. The predicted octanol–water partition coefficient (Wildman–Crippen LogP) is 2.03. The number of hydrogen-bond donors (Lipinski definition) is 1. The molecule has 0 amide bonds. The molecule has 0 saturated carbocycles. The summed E-state index contributed by atoms with van der Waals surface area (Å²) in [6, 6.07) is 7.83. The van der Waals surface area contributed by atoms with Crippen molar-refractivity contribution >= 4 is 21.2 Å². The van der Waals surface area contributed by atoms with Crippen molar-refractivity contribution in [3.63, 3.8) is 0 Å². The molecule has 26 heavy (non-hydrogen) atoms. The summed E-state index contributed by atoms with van der Waals surface area (Å²) >= 11 is 0. The molecule has 1 aliphatic heterocycles. The van der Waals surface area contributed by atoms with Crippen LogP contribution in [0, 0.1) is 5.92 Å². The third-order valence-electron chi connectivity index (χ3n) is 4.93. The molecule has 0 bridgehead atoms. The normalized spacial score (nSPS) is 19.4. The molecule has 1 N–H and O–H groups in total. The monoisotopic (exact) mass is 380 g/mol. The highest BCUT2D eigenvalue weighted by atomic mass is 32.2. The van der Waals surface area contributed by atoms with Crippen LogP contribution in [0.3, 0.4) is 0 Å². The number of imidazole rings is 1. The predicted molar refractivity (Wildman–Crippen MR) is 102 cm³/mol. The maximum atomic E-state index is 13.0. The number of H-pyrrole nitrogens is 1. The van der Waals surface area contributed by atoms with E-state index < -0.39 is 10.2 Å². The fraction of sp³-hybridized carbons (Fsp3) is 0.611. The van der Waals surface area contributed by atoms with E-state index in [1.807, 2.05) is 31.2 Å². The average molecular weight is 381 g/mol. The van der Waals surface area contributed by atoms with Crippen molar-refractivity contribution in [2.75, 3.05) is 39.9 Å². The summed E-state index contributed by atoms with van der Waals surface area (Å²) < 4.78 is 34.5. The van der Waals surface area contributed by atoms with E-state index >= 15 is 0 Å². The topological polar surface area (TPSA) is 78.5 Å². The Labute approximate surface area is 155 Å². The van der Waals surface area contributed by atoms with Crippen molar-refractivity contribution in [3.05, 3.63) is 30.1 Å². The van der Waals surface area contributed by atoms with Gasteiger partial charge < -0.3 is 9.72 Å². The van der Waals surface area contributed by atoms with E-state index in [9.17, 15) is 8.42 Å². The molecule has 2 aromatic rings. The van der Waals surface area contributed by atoms with E-state index in [1.54, 1.807) is 15.7 Å². The van der Waals surface area contributed by atoms with E-state index in [2.05, 4.69) is 9.97 Å². The van der Waals surface area contributed by atoms with Crippen molar-refractivity contribution in [1.82, 2.24) is 18.6 Å². The highest BCUT2D eigenvalue weighted by Gasteiger charge is 2.32. The van der Waals surface area contributed by atoms with Gasteiger partial charge in [-0.05, 0) is 30.9 Å². The number of nitrogens with one attached hydrogen (secondary N) is 1.